The lowest BCUT2D eigenvalue weighted by atomic mass is 9.82. The van der Waals surface area contributed by atoms with E-state index in [1.807, 2.05) is 24.3 Å². The predicted molar refractivity (Wildman–Crippen MR) is 155 cm³/mol. The minimum atomic E-state index is -4.96. The number of amides is 1. The fourth-order valence-corrected chi connectivity index (χ4v) is 6.88. The average Bonchev–Trinajstić information content (AvgIpc) is 3.30. The van der Waals surface area contributed by atoms with Crippen LogP contribution in [0.15, 0.2) is 66.7 Å². The molecule has 5 rings (SSSR count). The highest BCUT2D eigenvalue weighted by Gasteiger charge is 2.39. The number of hydrogen-bond donors (Lipinski definition) is 0. The molecule has 1 fully saturated rings. The molecule has 1 aromatic heterocycles. The molecule has 9 heteroatoms. The third kappa shape index (κ3) is 6.49. The number of carbonyl (C=O) groups excluding carboxylic acids is 2. The number of nitrogens with zero attached hydrogens (tertiary/aromatic N) is 1. The summed E-state index contributed by atoms with van der Waals surface area (Å²) >= 11 is 7.97. The fraction of sp³-hybridized carbons (Fsp3) is 0.312. The number of carbonyl (C=O) groups is 2. The Kier molecular flexibility index (Phi) is 8.52. The van der Waals surface area contributed by atoms with Crippen molar-refractivity contribution in [3.8, 4) is 11.1 Å². The summed E-state index contributed by atoms with van der Waals surface area (Å²) in [5.41, 5.74) is 0.901. The van der Waals surface area contributed by atoms with Gasteiger partial charge in [0.25, 0.3) is 11.7 Å². The molecule has 0 atom stereocenters. The molecule has 0 bridgehead atoms. The number of halogens is 5. The van der Waals surface area contributed by atoms with Gasteiger partial charge in [-0.3, -0.25) is 9.59 Å². The van der Waals surface area contributed by atoms with Crippen molar-refractivity contribution in [2.45, 2.75) is 45.3 Å². The fourth-order valence-electron chi connectivity index (χ4n) is 5.40. The van der Waals surface area contributed by atoms with Gasteiger partial charge in [-0.25, -0.2) is 4.39 Å². The highest BCUT2D eigenvalue weighted by Crippen LogP contribution is 2.37. The highest BCUT2D eigenvalue weighted by atomic mass is 35.5. The molecule has 1 amide bonds. The van der Waals surface area contributed by atoms with Crippen molar-refractivity contribution in [3.05, 3.63) is 93.6 Å². The van der Waals surface area contributed by atoms with Crippen LogP contribution in [0.5, 0.6) is 0 Å². The van der Waals surface area contributed by atoms with Crippen molar-refractivity contribution in [1.82, 2.24) is 4.90 Å². The van der Waals surface area contributed by atoms with Crippen LogP contribution < -0.4 is 0 Å². The number of Topliss-reactive ketones (excluding diaryl/α,β-unsaturated/α-hetero) is 1. The van der Waals surface area contributed by atoms with Gasteiger partial charge in [0, 0.05) is 34.3 Å². The number of hydrogen-bond acceptors (Lipinski definition) is 3. The lowest BCUT2D eigenvalue weighted by Crippen LogP contribution is -2.36. The van der Waals surface area contributed by atoms with Crippen LogP contribution in [0.3, 0.4) is 0 Å². The Morgan fingerprint density at radius 2 is 1.61 bits per heavy atom. The minimum Gasteiger partial charge on any atom is -0.333 e. The average molecular weight is 602 g/mol. The van der Waals surface area contributed by atoms with Crippen LogP contribution in [0.25, 0.3) is 21.2 Å². The van der Waals surface area contributed by atoms with Gasteiger partial charge >= 0.3 is 6.18 Å². The molecule has 0 spiro atoms. The molecule has 1 aliphatic carbocycles. The van der Waals surface area contributed by atoms with E-state index in [1.54, 1.807) is 11.0 Å². The summed E-state index contributed by atoms with van der Waals surface area (Å²) in [4.78, 5) is 27.6. The topological polar surface area (TPSA) is 37.4 Å². The van der Waals surface area contributed by atoms with E-state index in [2.05, 4.69) is 6.92 Å². The second-order valence-corrected chi connectivity index (χ2v) is 12.2. The SMILES string of the molecule is CC1CCC(CN(Cc2cc(-c3ccc(C(=O)C(F)(F)F)cc3)ccc2F)C(=O)c2sc3ccccc3c2Cl)CC1. The number of rotatable bonds is 7. The lowest BCUT2D eigenvalue weighted by Gasteiger charge is -2.32. The Balaban J connectivity index is 1.45. The Morgan fingerprint density at radius 3 is 2.27 bits per heavy atom. The van der Waals surface area contributed by atoms with E-state index in [4.69, 9.17) is 11.6 Å². The zero-order chi connectivity index (χ0) is 29.3. The summed E-state index contributed by atoms with van der Waals surface area (Å²) < 4.78 is 54.5. The van der Waals surface area contributed by atoms with Crippen LogP contribution in [0.1, 0.15) is 58.2 Å². The van der Waals surface area contributed by atoms with E-state index in [1.165, 1.54) is 35.6 Å². The molecule has 1 heterocycles. The van der Waals surface area contributed by atoms with E-state index in [9.17, 15) is 22.8 Å². The minimum absolute atomic E-state index is 0.0137. The van der Waals surface area contributed by atoms with E-state index in [0.29, 0.717) is 33.5 Å². The highest BCUT2D eigenvalue weighted by molar-refractivity contribution is 7.21. The van der Waals surface area contributed by atoms with Crippen LogP contribution in [0, 0.1) is 17.7 Å². The predicted octanol–water partition coefficient (Wildman–Crippen LogP) is 9.57. The van der Waals surface area contributed by atoms with Gasteiger partial charge in [0.1, 0.15) is 10.7 Å². The van der Waals surface area contributed by atoms with Gasteiger partial charge < -0.3 is 4.90 Å². The van der Waals surface area contributed by atoms with E-state index >= 15 is 4.39 Å². The van der Waals surface area contributed by atoms with Gasteiger partial charge in [0.15, 0.2) is 0 Å². The molecule has 214 valence electrons. The van der Waals surface area contributed by atoms with Gasteiger partial charge in [-0.2, -0.15) is 13.2 Å². The molecule has 0 N–H and O–H groups in total. The van der Waals surface area contributed by atoms with E-state index in [0.717, 1.165) is 47.9 Å². The summed E-state index contributed by atoms with van der Waals surface area (Å²) in [6.45, 7) is 2.70. The maximum atomic E-state index is 15.2. The molecular weight excluding hydrogens is 574 g/mol. The van der Waals surface area contributed by atoms with E-state index < -0.39 is 23.3 Å². The molecule has 3 nitrogen and oxygen atoms in total. The molecule has 0 radical (unpaired) electrons. The number of ketones is 1. The summed E-state index contributed by atoms with van der Waals surface area (Å²) in [6.07, 6.45) is -0.846. The summed E-state index contributed by atoms with van der Waals surface area (Å²) in [5.74, 6) is -1.74. The number of alkyl halides is 3. The Labute approximate surface area is 244 Å². The first kappa shape index (κ1) is 29.3. The number of benzene rings is 3. The lowest BCUT2D eigenvalue weighted by molar-refractivity contribution is -0.0885. The van der Waals surface area contributed by atoms with Crippen molar-refractivity contribution in [2.75, 3.05) is 6.54 Å². The van der Waals surface area contributed by atoms with Crippen molar-refractivity contribution in [1.29, 1.82) is 0 Å². The van der Waals surface area contributed by atoms with Gasteiger partial charge in [-0.1, -0.05) is 79.9 Å². The molecule has 41 heavy (non-hydrogen) atoms. The summed E-state index contributed by atoms with van der Waals surface area (Å²) in [5, 5.41) is 1.19. The molecule has 1 saturated carbocycles. The Hall–Kier alpha value is -3.23. The Morgan fingerprint density at radius 1 is 0.951 bits per heavy atom. The largest absolute Gasteiger partial charge is 0.454 e. The van der Waals surface area contributed by atoms with Crippen LogP contribution in [0.4, 0.5) is 17.6 Å². The normalized spacial score (nSPS) is 17.5. The second kappa shape index (κ2) is 11.9. The van der Waals surface area contributed by atoms with Gasteiger partial charge in [0.05, 0.1) is 5.02 Å². The van der Waals surface area contributed by atoms with Crippen LogP contribution in [0.2, 0.25) is 5.02 Å². The van der Waals surface area contributed by atoms with Gasteiger partial charge in [-0.05, 0) is 54.0 Å². The van der Waals surface area contributed by atoms with Crippen LogP contribution >= 0.6 is 22.9 Å². The monoisotopic (exact) mass is 601 g/mol. The van der Waals surface area contributed by atoms with Crippen molar-refractivity contribution < 1.29 is 27.2 Å². The molecule has 0 unspecified atom stereocenters. The Bertz CT molecular complexity index is 1570. The smallest absolute Gasteiger partial charge is 0.333 e. The number of thiophene rings is 1. The maximum Gasteiger partial charge on any atom is 0.454 e. The van der Waals surface area contributed by atoms with Crippen molar-refractivity contribution in [3.63, 3.8) is 0 Å². The molecule has 3 aromatic carbocycles. The molecule has 4 aromatic rings. The van der Waals surface area contributed by atoms with Crippen molar-refractivity contribution >= 4 is 44.7 Å². The first-order valence-corrected chi connectivity index (χ1v) is 14.7. The molecule has 0 saturated heterocycles. The first-order valence-electron chi connectivity index (χ1n) is 13.5. The number of fused-ring (bicyclic) bond motifs is 1. The van der Waals surface area contributed by atoms with Gasteiger partial charge in [-0.15, -0.1) is 11.3 Å². The third-order valence-corrected chi connectivity index (χ3v) is 9.44. The first-order chi connectivity index (χ1) is 19.5. The third-order valence-electron chi connectivity index (χ3n) is 7.78. The second-order valence-electron chi connectivity index (χ2n) is 10.8. The van der Waals surface area contributed by atoms with Gasteiger partial charge in [0.2, 0.25) is 0 Å². The van der Waals surface area contributed by atoms with E-state index in [-0.39, 0.29) is 23.9 Å². The quantitative estimate of drug-likeness (QED) is 0.156. The summed E-state index contributed by atoms with van der Waals surface area (Å²) in [7, 11) is 0. The molecular formula is C32H28ClF4NO2S. The maximum absolute atomic E-state index is 15.2. The zero-order valence-electron chi connectivity index (χ0n) is 22.3. The standard InChI is InChI=1S/C32H28ClF4NO2S/c1-19-6-8-20(9-7-19)17-38(31(40)29-28(33)25-4-2-3-5-27(25)41-29)18-24-16-23(14-15-26(24)34)21-10-12-22(13-11-21)30(39)32(35,36)37/h2-5,10-16,19-20H,6-9,17-18H2,1H3. The van der Waals surface area contributed by atoms with Crippen molar-refractivity contribution in [2.24, 2.45) is 11.8 Å². The summed E-state index contributed by atoms with van der Waals surface area (Å²) in [6, 6.07) is 17.0. The zero-order valence-corrected chi connectivity index (χ0v) is 23.9. The van der Waals surface area contributed by atoms with Crippen LogP contribution in [-0.2, 0) is 6.54 Å². The van der Waals surface area contributed by atoms with Crippen LogP contribution in [-0.4, -0.2) is 29.3 Å². The molecule has 1 aliphatic rings. The molecule has 0 aliphatic heterocycles.